The first-order chi connectivity index (χ1) is 8.84. The van der Waals surface area contributed by atoms with E-state index in [0.29, 0.717) is 11.3 Å². The van der Waals surface area contributed by atoms with E-state index in [1.54, 1.807) is 36.7 Å². The zero-order valence-electron chi connectivity index (χ0n) is 9.58. The van der Waals surface area contributed by atoms with Crippen LogP contribution in [0.5, 0.6) is 0 Å². The van der Waals surface area contributed by atoms with Crippen LogP contribution in [0, 0.1) is 0 Å². The zero-order chi connectivity index (χ0) is 12.4. The number of aromatic nitrogens is 2. The average Bonchev–Trinajstić information content (AvgIpc) is 2.47. The fourth-order valence-corrected chi connectivity index (χ4v) is 1.83. The number of rotatable bonds is 2. The maximum absolute atomic E-state index is 12.2. The van der Waals surface area contributed by atoms with Crippen molar-refractivity contribution < 1.29 is 4.79 Å². The molecule has 3 aromatic rings. The van der Waals surface area contributed by atoms with Crippen molar-refractivity contribution in [3.63, 3.8) is 0 Å². The molecule has 0 bridgehead atoms. The zero-order valence-corrected chi connectivity index (χ0v) is 9.58. The Balaban J connectivity index is 2.07. The molecule has 0 unspecified atom stereocenters. The van der Waals surface area contributed by atoms with Crippen molar-refractivity contribution in [2.75, 3.05) is 0 Å². The largest absolute Gasteiger partial charge is 0.287 e. The van der Waals surface area contributed by atoms with Crippen molar-refractivity contribution >= 4 is 16.7 Å². The van der Waals surface area contributed by atoms with Gasteiger partial charge in [-0.05, 0) is 18.2 Å². The number of hydrogen-bond acceptors (Lipinski definition) is 3. The summed E-state index contributed by atoms with van der Waals surface area (Å²) in [4.78, 5) is 20.6. The molecule has 86 valence electrons. The molecule has 18 heavy (non-hydrogen) atoms. The molecule has 0 fully saturated rings. The molecule has 0 aliphatic heterocycles. The lowest BCUT2D eigenvalue weighted by Crippen LogP contribution is -2.03. The second-order valence-corrected chi connectivity index (χ2v) is 3.96. The van der Waals surface area contributed by atoms with Crippen molar-refractivity contribution in [3.05, 3.63) is 72.2 Å². The van der Waals surface area contributed by atoms with E-state index in [1.807, 2.05) is 24.3 Å². The summed E-state index contributed by atoms with van der Waals surface area (Å²) in [5.74, 6) is -0.0608. The van der Waals surface area contributed by atoms with Crippen LogP contribution in [0.15, 0.2) is 60.9 Å². The molecular weight excluding hydrogens is 224 g/mol. The van der Waals surface area contributed by atoms with Gasteiger partial charge in [0.25, 0.3) is 0 Å². The number of nitrogens with zero attached hydrogens (tertiary/aromatic N) is 2. The standard InChI is InChI=1S/C15H10N2O/c18-15(11-4-2-1-3-5-11)14-7-6-12-10-16-9-8-13(12)17-14/h1-10H. The van der Waals surface area contributed by atoms with Gasteiger partial charge in [0.05, 0.1) is 5.52 Å². The maximum Gasteiger partial charge on any atom is 0.211 e. The number of hydrogen-bond donors (Lipinski definition) is 0. The molecular formula is C15H10N2O. The molecule has 2 heterocycles. The molecule has 3 heteroatoms. The van der Waals surface area contributed by atoms with Crippen LogP contribution in [-0.4, -0.2) is 15.8 Å². The summed E-state index contributed by atoms with van der Waals surface area (Å²) in [6.45, 7) is 0. The van der Waals surface area contributed by atoms with Crippen LogP contribution in [0.1, 0.15) is 16.1 Å². The van der Waals surface area contributed by atoms with Crippen LogP contribution in [0.2, 0.25) is 0 Å². The van der Waals surface area contributed by atoms with Crippen LogP contribution in [0.4, 0.5) is 0 Å². The van der Waals surface area contributed by atoms with Crippen molar-refractivity contribution in [3.8, 4) is 0 Å². The molecule has 0 amide bonds. The normalized spacial score (nSPS) is 10.4. The lowest BCUT2D eigenvalue weighted by Gasteiger charge is -2.02. The summed E-state index contributed by atoms with van der Waals surface area (Å²) in [7, 11) is 0. The Hall–Kier alpha value is -2.55. The number of carbonyl (C=O) groups excluding carboxylic acids is 1. The quantitative estimate of drug-likeness (QED) is 0.640. The van der Waals surface area contributed by atoms with E-state index in [0.717, 1.165) is 10.9 Å². The Bertz CT molecular complexity index is 708. The van der Waals surface area contributed by atoms with Crippen LogP contribution < -0.4 is 0 Å². The van der Waals surface area contributed by atoms with Crippen molar-refractivity contribution in [2.45, 2.75) is 0 Å². The van der Waals surface area contributed by atoms with Crippen molar-refractivity contribution in [1.82, 2.24) is 9.97 Å². The third-order valence-electron chi connectivity index (χ3n) is 2.76. The maximum atomic E-state index is 12.2. The fraction of sp³-hybridized carbons (Fsp3) is 0. The van der Waals surface area contributed by atoms with E-state index >= 15 is 0 Å². The summed E-state index contributed by atoms with van der Waals surface area (Å²) in [6.07, 6.45) is 3.41. The third kappa shape index (κ3) is 1.86. The van der Waals surface area contributed by atoms with Gasteiger partial charge in [-0.25, -0.2) is 4.98 Å². The molecule has 0 radical (unpaired) electrons. The highest BCUT2D eigenvalue weighted by Gasteiger charge is 2.10. The highest BCUT2D eigenvalue weighted by Crippen LogP contribution is 2.13. The van der Waals surface area contributed by atoms with E-state index in [1.165, 1.54) is 0 Å². The van der Waals surface area contributed by atoms with Crippen LogP contribution in [0.25, 0.3) is 10.9 Å². The predicted molar refractivity (Wildman–Crippen MR) is 69.4 cm³/mol. The van der Waals surface area contributed by atoms with Gasteiger partial charge >= 0.3 is 0 Å². The molecule has 3 rings (SSSR count). The molecule has 3 nitrogen and oxygen atoms in total. The third-order valence-corrected chi connectivity index (χ3v) is 2.76. The van der Waals surface area contributed by atoms with Crippen molar-refractivity contribution in [2.24, 2.45) is 0 Å². The highest BCUT2D eigenvalue weighted by molar-refractivity contribution is 6.08. The van der Waals surface area contributed by atoms with Crippen LogP contribution >= 0.6 is 0 Å². The number of ketones is 1. The molecule has 1 aromatic carbocycles. The monoisotopic (exact) mass is 234 g/mol. The number of fused-ring (bicyclic) bond motifs is 1. The van der Waals surface area contributed by atoms with Gasteiger partial charge in [-0.1, -0.05) is 30.3 Å². The fourth-order valence-electron chi connectivity index (χ4n) is 1.83. The van der Waals surface area contributed by atoms with Gasteiger partial charge in [-0.2, -0.15) is 0 Å². The Labute approximate surface area is 104 Å². The van der Waals surface area contributed by atoms with E-state index in [4.69, 9.17) is 0 Å². The smallest absolute Gasteiger partial charge is 0.211 e. The lowest BCUT2D eigenvalue weighted by molar-refractivity contribution is 0.103. The molecule has 0 atom stereocenters. The topological polar surface area (TPSA) is 42.9 Å². The van der Waals surface area contributed by atoms with Gasteiger partial charge < -0.3 is 0 Å². The van der Waals surface area contributed by atoms with E-state index < -0.39 is 0 Å². The summed E-state index contributed by atoms with van der Waals surface area (Å²) >= 11 is 0. The molecule has 0 spiro atoms. The van der Waals surface area contributed by atoms with Gasteiger partial charge in [-0.3, -0.25) is 9.78 Å². The Morgan fingerprint density at radius 3 is 2.61 bits per heavy atom. The predicted octanol–water partition coefficient (Wildman–Crippen LogP) is 2.86. The van der Waals surface area contributed by atoms with Gasteiger partial charge in [0.1, 0.15) is 5.69 Å². The van der Waals surface area contributed by atoms with E-state index in [2.05, 4.69) is 9.97 Å². The van der Waals surface area contributed by atoms with E-state index in [9.17, 15) is 4.79 Å². The molecule has 0 saturated heterocycles. The molecule has 0 saturated carbocycles. The van der Waals surface area contributed by atoms with Gasteiger partial charge in [0.15, 0.2) is 0 Å². The summed E-state index contributed by atoms with van der Waals surface area (Å²) in [6, 6.07) is 14.6. The first-order valence-electron chi connectivity index (χ1n) is 5.65. The summed E-state index contributed by atoms with van der Waals surface area (Å²) in [5, 5.41) is 0.933. The Morgan fingerprint density at radius 2 is 1.78 bits per heavy atom. The second kappa shape index (κ2) is 4.37. The highest BCUT2D eigenvalue weighted by atomic mass is 16.1. The molecule has 0 aliphatic carbocycles. The van der Waals surface area contributed by atoms with Crippen molar-refractivity contribution in [1.29, 1.82) is 0 Å². The molecule has 0 aliphatic rings. The van der Waals surface area contributed by atoms with Crippen LogP contribution in [0.3, 0.4) is 0 Å². The summed E-state index contributed by atoms with van der Waals surface area (Å²) < 4.78 is 0. The number of pyridine rings is 2. The van der Waals surface area contributed by atoms with Gasteiger partial charge in [-0.15, -0.1) is 0 Å². The second-order valence-electron chi connectivity index (χ2n) is 3.96. The Kier molecular flexibility index (Phi) is 2.57. The number of carbonyl (C=O) groups is 1. The number of benzene rings is 1. The minimum atomic E-state index is -0.0608. The average molecular weight is 234 g/mol. The Morgan fingerprint density at radius 1 is 0.944 bits per heavy atom. The van der Waals surface area contributed by atoms with Crippen LogP contribution in [-0.2, 0) is 0 Å². The molecule has 0 N–H and O–H groups in total. The van der Waals surface area contributed by atoms with E-state index in [-0.39, 0.29) is 5.78 Å². The lowest BCUT2D eigenvalue weighted by atomic mass is 10.1. The minimum absolute atomic E-state index is 0.0608. The SMILES string of the molecule is O=C(c1ccccc1)c1ccc2cnccc2n1. The first-order valence-corrected chi connectivity index (χ1v) is 5.65. The minimum Gasteiger partial charge on any atom is -0.287 e. The van der Waals surface area contributed by atoms with Gasteiger partial charge in [0.2, 0.25) is 5.78 Å². The molecule has 2 aromatic heterocycles. The summed E-state index contributed by atoms with van der Waals surface area (Å²) in [5.41, 5.74) is 1.89. The first kappa shape index (κ1) is 10.6. The van der Waals surface area contributed by atoms with Gasteiger partial charge in [0, 0.05) is 23.3 Å².